The lowest BCUT2D eigenvalue weighted by Crippen LogP contribution is -2.64. The number of phosphoric acid groups is 1. The van der Waals surface area contributed by atoms with Crippen molar-refractivity contribution in [3.8, 4) is 0 Å². The van der Waals surface area contributed by atoms with Gasteiger partial charge in [-0.15, -0.1) is 0 Å². The number of aliphatic hydroxyl groups excluding tert-OH is 5. The number of carbonyl (C=O) groups is 1. The van der Waals surface area contributed by atoms with E-state index in [2.05, 4.69) is 86.8 Å². The summed E-state index contributed by atoms with van der Waals surface area (Å²) < 4.78 is 34.0. The van der Waals surface area contributed by atoms with Gasteiger partial charge in [-0.3, -0.25) is 13.8 Å². The van der Waals surface area contributed by atoms with E-state index in [1.54, 1.807) is 0 Å². The summed E-state index contributed by atoms with van der Waals surface area (Å²) in [7, 11) is -5.04. The molecule has 1 aliphatic rings. The monoisotopic (exact) mass is 838 g/mol. The number of rotatable bonds is 34. The number of allylic oxidation sites excluding steroid dienone is 13. The lowest BCUT2D eigenvalue weighted by molar-refractivity contribution is -0.220. The van der Waals surface area contributed by atoms with E-state index in [1.165, 1.54) is 19.3 Å². The standard InChI is InChI=1S/C45H75O12P/c1-3-5-7-9-11-13-15-17-19-21-23-25-27-29-31-33-35-54-36-38(37-55-58(52,53)57-45-43(50)41(48)40(47)42(49)44(45)51)56-39(46)34-32-30-28-26-24-22-20-18-16-14-12-10-8-6-4-2/h5,7,11-14,17-20,23,25,29,31,38,40-45,47-51H,3-4,6,8-10,15-16,21-22,24,26-28,30,32-37H2,1-2H3,(H,52,53)/b7-5-,13-11-,14-12-,19-17-,20-18-,25-23-,31-29-. The summed E-state index contributed by atoms with van der Waals surface area (Å²) in [5, 5.41) is 50.1. The Labute approximate surface area is 348 Å². The Morgan fingerprint density at radius 3 is 1.55 bits per heavy atom. The first kappa shape index (κ1) is 53.5. The molecule has 1 rings (SSSR count). The van der Waals surface area contributed by atoms with Crippen LogP contribution in [0, 0.1) is 0 Å². The number of carbonyl (C=O) groups excluding carboxylic acids is 1. The van der Waals surface area contributed by atoms with Crippen molar-refractivity contribution in [1.29, 1.82) is 0 Å². The Bertz CT molecular complexity index is 1280. The zero-order chi connectivity index (χ0) is 42.7. The molecule has 0 radical (unpaired) electrons. The zero-order valence-electron chi connectivity index (χ0n) is 35.1. The Morgan fingerprint density at radius 2 is 1.02 bits per heavy atom. The van der Waals surface area contributed by atoms with Crippen LogP contribution < -0.4 is 0 Å². The van der Waals surface area contributed by atoms with Crippen molar-refractivity contribution in [3.63, 3.8) is 0 Å². The second kappa shape index (κ2) is 35.3. The molecule has 58 heavy (non-hydrogen) atoms. The number of hydrogen-bond acceptors (Lipinski definition) is 11. The molecule has 0 bridgehead atoms. The smallest absolute Gasteiger partial charge is 0.457 e. The minimum Gasteiger partial charge on any atom is -0.457 e. The molecular weight excluding hydrogens is 763 g/mol. The lowest BCUT2D eigenvalue weighted by Gasteiger charge is -2.41. The van der Waals surface area contributed by atoms with E-state index in [0.717, 1.165) is 77.0 Å². The fourth-order valence-electron chi connectivity index (χ4n) is 5.86. The Balaban J connectivity index is 2.51. The summed E-state index contributed by atoms with van der Waals surface area (Å²) in [6.07, 6.45) is 33.9. The van der Waals surface area contributed by atoms with Crippen molar-refractivity contribution < 1.29 is 58.3 Å². The lowest BCUT2D eigenvalue weighted by atomic mass is 9.85. The van der Waals surface area contributed by atoms with Gasteiger partial charge in [-0.2, -0.15) is 0 Å². The van der Waals surface area contributed by atoms with E-state index in [1.807, 2.05) is 12.2 Å². The van der Waals surface area contributed by atoms with Gasteiger partial charge in [0, 0.05) is 6.42 Å². The summed E-state index contributed by atoms with van der Waals surface area (Å²) >= 11 is 0. The molecule has 0 aromatic heterocycles. The number of esters is 1. The molecule has 12 nitrogen and oxygen atoms in total. The zero-order valence-corrected chi connectivity index (χ0v) is 35.9. The average Bonchev–Trinajstić information content (AvgIpc) is 3.21. The average molecular weight is 839 g/mol. The Hall–Kier alpha value is -2.48. The summed E-state index contributed by atoms with van der Waals surface area (Å²) in [4.78, 5) is 23.1. The van der Waals surface area contributed by atoms with Crippen molar-refractivity contribution in [2.75, 3.05) is 19.8 Å². The molecule has 0 aliphatic heterocycles. The molecule has 1 aliphatic carbocycles. The molecule has 0 aromatic carbocycles. The summed E-state index contributed by atoms with van der Waals surface area (Å²) in [5.41, 5.74) is 0. The fraction of sp³-hybridized carbons (Fsp3) is 0.667. The number of ether oxygens (including phenoxy) is 2. The maximum Gasteiger partial charge on any atom is 0.472 e. The van der Waals surface area contributed by atoms with Gasteiger partial charge in [-0.25, -0.2) is 4.57 Å². The first-order valence-electron chi connectivity index (χ1n) is 21.4. The van der Waals surface area contributed by atoms with Crippen molar-refractivity contribution in [2.45, 2.75) is 172 Å². The first-order chi connectivity index (χ1) is 28.0. The van der Waals surface area contributed by atoms with Crippen molar-refractivity contribution in [2.24, 2.45) is 0 Å². The van der Waals surface area contributed by atoms with Crippen LogP contribution in [0.2, 0.25) is 0 Å². The summed E-state index contributed by atoms with van der Waals surface area (Å²) in [6, 6.07) is 0. The SMILES string of the molecule is CC/C=C\C/C=C\C/C=C\C/C=C\C/C=C\CCOCC(COP(=O)(O)OC1C(O)C(O)C(O)C(O)C1O)OC(=O)CCCCCCC/C=C\C/C=C\CCCCC. The van der Waals surface area contributed by atoms with Crippen molar-refractivity contribution in [1.82, 2.24) is 0 Å². The molecule has 0 aromatic rings. The van der Waals surface area contributed by atoms with Crippen LogP contribution in [0.1, 0.15) is 129 Å². The molecule has 1 saturated carbocycles. The number of aliphatic hydroxyl groups is 5. The Kier molecular flexibility index (Phi) is 32.6. The predicted molar refractivity (Wildman–Crippen MR) is 230 cm³/mol. The third-order valence-corrected chi connectivity index (χ3v) is 10.3. The van der Waals surface area contributed by atoms with Gasteiger partial charge < -0.3 is 39.9 Å². The van der Waals surface area contributed by atoms with Gasteiger partial charge in [0.1, 0.15) is 42.7 Å². The largest absolute Gasteiger partial charge is 0.472 e. The van der Waals surface area contributed by atoms with Crippen LogP contribution >= 0.6 is 7.82 Å². The Morgan fingerprint density at radius 1 is 0.569 bits per heavy atom. The van der Waals surface area contributed by atoms with Crippen LogP contribution in [0.5, 0.6) is 0 Å². The maximum atomic E-state index is 12.8. The van der Waals surface area contributed by atoms with Crippen LogP contribution in [-0.2, 0) is 27.9 Å². The molecule has 0 amide bonds. The quantitative estimate of drug-likeness (QED) is 0.0158. The minimum atomic E-state index is -5.04. The normalized spacial score (nSPS) is 23.5. The van der Waals surface area contributed by atoms with Gasteiger partial charge in [0.05, 0.1) is 19.8 Å². The maximum absolute atomic E-state index is 12.8. The number of unbranched alkanes of at least 4 members (excludes halogenated alkanes) is 8. The molecule has 13 heteroatoms. The molecule has 6 N–H and O–H groups in total. The van der Waals surface area contributed by atoms with Gasteiger partial charge >= 0.3 is 13.8 Å². The van der Waals surface area contributed by atoms with Crippen LogP contribution in [0.25, 0.3) is 0 Å². The molecule has 6 unspecified atom stereocenters. The van der Waals surface area contributed by atoms with Crippen molar-refractivity contribution in [3.05, 3.63) is 85.1 Å². The van der Waals surface area contributed by atoms with Gasteiger partial charge in [-0.05, 0) is 77.0 Å². The third-order valence-electron chi connectivity index (χ3n) is 9.27. The van der Waals surface area contributed by atoms with E-state index < -0.39 is 63.1 Å². The fourth-order valence-corrected chi connectivity index (χ4v) is 6.83. The summed E-state index contributed by atoms with van der Waals surface area (Å²) in [5.74, 6) is -0.521. The van der Waals surface area contributed by atoms with Crippen LogP contribution in [0.4, 0.5) is 0 Å². The molecule has 0 spiro atoms. The van der Waals surface area contributed by atoms with Crippen LogP contribution in [0.15, 0.2) is 85.1 Å². The van der Waals surface area contributed by atoms with E-state index in [-0.39, 0.29) is 19.6 Å². The highest BCUT2D eigenvalue weighted by Crippen LogP contribution is 2.47. The second-order valence-corrected chi connectivity index (χ2v) is 15.9. The number of hydrogen-bond donors (Lipinski definition) is 6. The van der Waals surface area contributed by atoms with Gasteiger partial charge in [0.25, 0.3) is 0 Å². The van der Waals surface area contributed by atoms with E-state index in [4.69, 9.17) is 18.5 Å². The minimum absolute atomic E-state index is 0.142. The van der Waals surface area contributed by atoms with Gasteiger partial charge in [0.15, 0.2) is 0 Å². The predicted octanol–water partition coefficient (Wildman–Crippen LogP) is 8.19. The van der Waals surface area contributed by atoms with E-state index >= 15 is 0 Å². The van der Waals surface area contributed by atoms with E-state index in [9.17, 15) is 39.8 Å². The van der Waals surface area contributed by atoms with Gasteiger partial charge in [-0.1, -0.05) is 131 Å². The molecule has 332 valence electrons. The molecule has 6 atom stereocenters. The molecular formula is C45H75O12P. The van der Waals surface area contributed by atoms with Crippen molar-refractivity contribution >= 4 is 13.8 Å². The first-order valence-corrected chi connectivity index (χ1v) is 22.9. The highest BCUT2D eigenvalue weighted by atomic mass is 31.2. The highest BCUT2D eigenvalue weighted by molar-refractivity contribution is 7.47. The number of phosphoric ester groups is 1. The summed E-state index contributed by atoms with van der Waals surface area (Å²) in [6.45, 7) is 3.86. The molecule has 1 fully saturated rings. The second-order valence-electron chi connectivity index (χ2n) is 14.5. The van der Waals surface area contributed by atoms with Crippen LogP contribution in [-0.4, -0.2) is 98.9 Å². The third kappa shape index (κ3) is 27.3. The van der Waals surface area contributed by atoms with E-state index in [0.29, 0.717) is 12.8 Å². The molecule has 0 heterocycles. The highest BCUT2D eigenvalue weighted by Gasteiger charge is 2.51. The van der Waals surface area contributed by atoms with Crippen LogP contribution in [0.3, 0.4) is 0 Å². The van der Waals surface area contributed by atoms with Gasteiger partial charge in [0.2, 0.25) is 0 Å². The topological polar surface area (TPSA) is 192 Å². The molecule has 0 saturated heterocycles.